The van der Waals surface area contributed by atoms with E-state index in [-0.39, 0.29) is 11.6 Å². The normalized spacial score (nSPS) is 10.2. The summed E-state index contributed by atoms with van der Waals surface area (Å²) in [6, 6.07) is 9.29. The van der Waals surface area contributed by atoms with Gasteiger partial charge in [-0.1, -0.05) is 17.7 Å². The summed E-state index contributed by atoms with van der Waals surface area (Å²) >= 11 is 9.10. The zero-order valence-corrected chi connectivity index (χ0v) is 13.2. The molecule has 0 atom stereocenters. The van der Waals surface area contributed by atoms with Gasteiger partial charge in [0.25, 0.3) is 11.6 Å². The second kappa shape index (κ2) is 6.24. The van der Waals surface area contributed by atoms with Gasteiger partial charge in [-0.05, 0) is 47.1 Å². The van der Waals surface area contributed by atoms with Crippen LogP contribution in [0.15, 0.2) is 40.9 Å². The van der Waals surface area contributed by atoms with Gasteiger partial charge in [-0.25, -0.2) is 0 Å². The van der Waals surface area contributed by atoms with Crippen molar-refractivity contribution in [3.8, 4) is 0 Å². The number of rotatable bonds is 3. The predicted octanol–water partition coefficient (Wildman–Crippen LogP) is 4.57. The average molecular weight is 370 g/mol. The Morgan fingerprint density at radius 1 is 1.29 bits per heavy atom. The van der Waals surface area contributed by atoms with Gasteiger partial charge < -0.3 is 5.32 Å². The number of hydrogen-bond acceptors (Lipinski definition) is 3. The van der Waals surface area contributed by atoms with E-state index in [0.717, 1.165) is 0 Å². The summed E-state index contributed by atoms with van der Waals surface area (Å²) in [5.41, 5.74) is 1.26. The Labute approximate surface area is 134 Å². The van der Waals surface area contributed by atoms with Crippen LogP contribution in [0.4, 0.5) is 11.4 Å². The number of benzene rings is 2. The first-order valence-electron chi connectivity index (χ1n) is 5.90. The summed E-state index contributed by atoms with van der Waals surface area (Å²) < 4.78 is 0.603. The fourth-order valence-electron chi connectivity index (χ4n) is 1.72. The molecule has 21 heavy (non-hydrogen) atoms. The molecule has 5 nitrogen and oxygen atoms in total. The molecule has 0 heterocycles. The molecule has 0 aliphatic carbocycles. The monoisotopic (exact) mass is 368 g/mol. The molecule has 0 unspecified atom stereocenters. The second-order valence-corrected chi connectivity index (χ2v) is 5.60. The number of nitrogens with zero attached hydrogens (tertiary/aromatic N) is 1. The van der Waals surface area contributed by atoms with Crippen LogP contribution in [0, 0.1) is 17.0 Å². The molecule has 0 spiro atoms. The number of nitrogens with one attached hydrogen (secondary N) is 1. The van der Waals surface area contributed by atoms with Crippen LogP contribution in [0.1, 0.15) is 15.9 Å². The van der Waals surface area contributed by atoms with Crippen LogP contribution in [-0.2, 0) is 0 Å². The van der Waals surface area contributed by atoms with Gasteiger partial charge in [0.05, 0.1) is 9.95 Å². The topological polar surface area (TPSA) is 72.2 Å². The largest absolute Gasteiger partial charge is 0.322 e. The fraction of sp³-hybridized carbons (Fsp3) is 0.0714. The highest BCUT2D eigenvalue weighted by Gasteiger charge is 2.13. The zero-order valence-electron chi connectivity index (χ0n) is 10.9. The Hall–Kier alpha value is -1.92. The van der Waals surface area contributed by atoms with E-state index in [1.54, 1.807) is 37.3 Å². The second-order valence-electron chi connectivity index (χ2n) is 4.34. The lowest BCUT2D eigenvalue weighted by molar-refractivity contribution is -0.385. The minimum absolute atomic E-state index is 0.0370. The van der Waals surface area contributed by atoms with Gasteiger partial charge in [-0.15, -0.1) is 0 Å². The number of carbonyl (C=O) groups is 1. The third-order valence-corrected chi connectivity index (χ3v) is 4.06. The maximum atomic E-state index is 12.1. The van der Waals surface area contributed by atoms with E-state index < -0.39 is 4.92 Å². The summed E-state index contributed by atoms with van der Waals surface area (Å²) in [4.78, 5) is 22.5. The van der Waals surface area contributed by atoms with Gasteiger partial charge in [0.1, 0.15) is 0 Å². The Morgan fingerprint density at radius 3 is 2.62 bits per heavy atom. The standard InChI is InChI=1S/C14H10BrClN2O3/c1-8-2-4-10(7-13(8)18(20)21)17-14(19)9-3-5-12(16)11(15)6-9/h2-7H,1H3,(H,17,19). The summed E-state index contributed by atoms with van der Waals surface area (Å²) in [5, 5.41) is 14.0. The number of halogens is 2. The SMILES string of the molecule is Cc1ccc(NC(=O)c2ccc(Cl)c(Br)c2)cc1[N+](=O)[O-]. The van der Waals surface area contributed by atoms with E-state index in [0.29, 0.717) is 26.3 Å². The van der Waals surface area contributed by atoms with E-state index in [4.69, 9.17) is 11.6 Å². The highest BCUT2D eigenvalue weighted by Crippen LogP contribution is 2.25. The van der Waals surface area contributed by atoms with Crippen LogP contribution < -0.4 is 5.32 Å². The van der Waals surface area contributed by atoms with Gasteiger partial charge in [0.2, 0.25) is 0 Å². The molecule has 0 radical (unpaired) electrons. The zero-order chi connectivity index (χ0) is 15.6. The van der Waals surface area contributed by atoms with Gasteiger partial charge in [0, 0.05) is 27.4 Å². The van der Waals surface area contributed by atoms with Gasteiger partial charge in [-0.2, -0.15) is 0 Å². The van der Waals surface area contributed by atoms with Crippen molar-refractivity contribution in [3.63, 3.8) is 0 Å². The Balaban J connectivity index is 2.25. The summed E-state index contributed by atoms with van der Waals surface area (Å²) in [7, 11) is 0. The van der Waals surface area contributed by atoms with Crippen LogP contribution >= 0.6 is 27.5 Å². The molecule has 0 aromatic heterocycles. The molecule has 2 rings (SSSR count). The van der Waals surface area contributed by atoms with Crippen molar-refractivity contribution in [1.29, 1.82) is 0 Å². The molecule has 0 aliphatic heterocycles. The van der Waals surface area contributed by atoms with Crippen LogP contribution in [0.25, 0.3) is 0 Å². The number of amides is 1. The minimum atomic E-state index is -0.482. The Morgan fingerprint density at radius 2 is 2.00 bits per heavy atom. The molecule has 108 valence electrons. The van der Waals surface area contributed by atoms with E-state index in [2.05, 4.69) is 21.2 Å². The highest BCUT2D eigenvalue weighted by atomic mass is 79.9. The van der Waals surface area contributed by atoms with Crippen molar-refractivity contribution in [1.82, 2.24) is 0 Å². The third-order valence-electron chi connectivity index (χ3n) is 2.85. The first kappa shape index (κ1) is 15.5. The highest BCUT2D eigenvalue weighted by molar-refractivity contribution is 9.10. The molecule has 1 amide bonds. The Bertz CT molecular complexity index is 734. The fourth-order valence-corrected chi connectivity index (χ4v) is 2.22. The molecule has 7 heteroatoms. The molecular weight excluding hydrogens is 360 g/mol. The van der Waals surface area contributed by atoms with Gasteiger partial charge in [-0.3, -0.25) is 14.9 Å². The minimum Gasteiger partial charge on any atom is -0.322 e. The number of anilines is 1. The molecule has 0 aliphatic rings. The maximum Gasteiger partial charge on any atom is 0.274 e. The predicted molar refractivity (Wildman–Crippen MR) is 84.9 cm³/mol. The molecule has 0 saturated carbocycles. The summed E-state index contributed by atoms with van der Waals surface area (Å²) in [5.74, 6) is -0.370. The number of carbonyl (C=O) groups excluding carboxylic acids is 1. The van der Waals surface area contributed by atoms with Crippen LogP contribution in [0.2, 0.25) is 5.02 Å². The van der Waals surface area contributed by atoms with Crippen molar-refractivity contribution in [3.05, 3.63) is 67.1 Å². The average Bonchev–Trinajstić information content (AvgIpc) is 2.43. The molecular formula is C14H10BrClN2O3. The van der Waals surface area contributed by atoms with Crippen molar-refractivity contribution in [2.75, 3.05) is 5.32 Å². The molecule has 0 saturated heterocycles. The number of nitro groups is 1. The summed E-state index contributed by atoms with van der Waals surface area (Å²) in [6.07, 6.45) is 0. The lowest BCUT2D eigenvalue weighted by atomic mass is 10.1. The smallest absolute Gasteiger partial charge is 0.274 e. The van der Waals surface area contributed by atoms with Crippen LogP contribution in [-0.4, -0.2) is 10.8 Å². The molecule has 2 aromatic rings. The van der Waals surface area contributed by atoms with Crippen LogP contribution in [0.3, 0.4) is 0 Å². The van der Waals surface area contributed by atoms with E-state index >= 15 is 0 Å². The van der Waals surface area contributed by atoms with Crippen molar-refractivity contribution in [2.24, 2.45) is 0 Å². The number of hydrogen-bond donors (Lipinski definition) is 1. The third kappa shape index (κ3) is 3.59. The molecule has 2 aromatic carbocycles. The first-order chi connectivity index (χ1) is 9.88. The number of aryl methyl sites for hydroxylation is 1. The van der Waals surface area contributed by atoms with Gasteiger partial charge in [0.15, 0.2) is 0 Å². The first-order valence-corrected chi connectivity index (χ1v) is 7.07. The van der Waals surface area contributed by atoms with Crippen LogP contribution in [0.5, 0.6) is 0 Å². The van der Waals surface area contributed by atoms with Gasteiger partial charge >= 0.3 is 0 Å². The van der Waals surface area contributed by atoms with Crippen molar-refractivity contribution in [2.45, 2.75) is 6.92 Å². The molecule has 1 N–H and O–H groups in total. The summed E-state index contributed by atoms with van der Waals surface area (Å²) in [6.45, 7) is 1.64. The molecule has 0 bridgehead atoms. The van der Waals surface area contributed by atoms with E-state index in [1.165, 1.54) is 6.07 Å². The number of nitro benzene ring substituents is 1. The van der Waals surface area contributed by atoms with Crippen molar-refractivity contribution < 1.29 is 9.72 Å². The quantitative estimate of drug-likeness (QED) is 0.636. The lowest BCUT2D eigenvalue weighted by Gasteiger charge is -2.07. The molecule has 0 fully saturated rings. The van der Waals surface area contributed by atoms with E-state index in [1.807, 2.05) is 0 Å². The lowest BCUT2D eigenvalue weighted by Crippen LogP contribution is -2.12. The Kier molecular flexibility index (Phi) is 4.59. The maximum absolute atomic E-state index is 12.1. The van der Waals surface area contributed by atoms with E-state index in [9.17, 15) is 14.9 Å². The van der Waals surface area contributed by atoms with Crippen molar-refractivity contribution >= 4 is 44.8 Å².